The van der Waals surface area contributed by atoms with Crippen molar-refractivity contribution >= 4 is 17.4 Å². The van der Waals surface area contributed by atoms with E-state index in [9.17, 15) is 0 Å². The number of piperidine rings is 1. The summed E-state index contributed by atoms with van der Waals surface area (Å²) < 4.78 is 0. The fraction of sp³-hybridized carbons (Fsp3) is 0.750. The van der Waals surface area contributed by atoms with Crippen LogP contribution in [0.5, 0.6) is 0 Å². The van der Waals surface area contributed by atoms with Gasteiger partial charge >= 0.3 is 0 Å². The highest BCUT2D eigenvalue weighted by Crippen LogP contribution is 2.46. The van der Waals surface area contributed by atoms with E-state index in [4.69, 9.17) is 16.6 Å². The molecule has 1 saturated heterocycles. The Morgan fingerprint density at radius 1 is 1.10 bits per heavy atom. The molecular weight excluding hydrogens is 270 g/mol. The summed E-state index contributed by atoms with van der Waals surface area (Å²) in [6, 6.07) is 1.92. The van der Waals surface area contributed by atoms with Gasteiger partial charge in [0.15, 0.2) is 0 Å². The van der Waals surface area contributed by atoms with Crippen molar-refractivity contribution in [3.63, 3.8) is 0 Å². The average Bonchev–Trinajstić information content (AvgIpc) is 2.87. The van der Waals surface area contributed by atoms with Crippen molar-refractivity contribution < 1.29 is 0 Å². The van der Waals surface area contributed by atoms with Gasteiger partial charge in [-0.3, -0.25) is 0 Å². The third kappa shape index (κ3) is 2.78. The van der Waals surface area contributed by atoms with Crippen molar-refractivity contribution in [2.45, 2.75) is 58.3 Å². The number of aromatic nitrogens is 2. The van der Waals surface area contributed by atoms with Gasteiger partial charge < -0.3 is 4.90 Å². The van der Waals surface area contributed by atoms with Crippen molar-refractivity contribution in [2.24, 2.45) is 5.41 Å². The Kier molecular flexibility index (Phi) is 3.89. The minimum absolute atomic E-state index is 0.318. The fourth-order valence-corrected chi connectivity index (χ4v) is 3.86. The summed E-state index contributed by atoms with van der Waals surface area (Å²) in [6.07, 6.45) is 8.34. The van der Waals surface area contributed by atoms with Crippen LogP contribution in [0.2, 0.25) is 5.15 Å². The molecule has 0 unspecified atom stereocenters. The lowest BCUT2D eigenvalue weighted by Gasteiger charge is -2.40. The third-order valence-corrected chi connectivity index (χ3v) is 5.22. The summed E-state index contributed by atoms with van der Waals surface area (Å²) in [5.74, 6) is 2.19. The van der Waals surface area contributed by atoms with Crippen LogP contribution in [0.15, 0.2) is 6.07 Å². The van der Waals surface area contributed by atoms with Crippen LogP contribution in [0.1, 0.15) is 64.1 Å². The quantitative estimate of drug-likeness (QED) is 0.756. The molecule has 1 aliphatic carbocycles. The van der Waals surface area contributed by atoms with Gasteiger partial charge in [-0.25, -0.2) is 9.97 Å². The maximum absolute atomic E-state index is 6.16. The molecule has 1 spiro atoms. The zero-order valence-electron chi connectivity index (χ0n) is 12.5. The predicted molar refractivity (Wildman–Crippen MR) is 83.5 cm³/mol. The molecule has 2 heterocycles. The van der Waals surface area contributed by atoms with E-state index in [1.54, 1.807) is 0 Å². The molecule has 0 bridgehead atoms. The molecule has 0 radical (unpaired) electrons. The molecule has 20 heavy (non-hydrogen) atoms. The predicted octanol–water partition coefficient (Wildman–Crippen LogP) is 4.41. The molecule has 4 heteroatoms. The molecule has 1 saturated carbocycles. The van der Waals surface area contributed by atoms with Gasteiger partial charge in [-0.1, -0.05) is 38.3 Å². The van der Waals surface area contributed by atoms with E-state index < -0.39 is 0 Å². The highest BCUT2D eigenvalue weighted by molar-refractivity contribution is 6.29. The van der Waals surface area contributed by atoms with Crippen LogP contribution in [0.25, 0.3) is 0 Å². The lowest BCUT2D eigenvalue weighted by atomic mass is 9.77. The van der Waals surface area contributed by atoms with Crippen molar-refractivity contribution in [3.8, 4) is 0 Å². The van der Waals surface area contributed by atoms with Gasteiger partial charge in [0, 0.05) is 25.1 Å². The Balaban J connectivity index is 1.74. The smallest absolute Gasteiger partial charge is 0.135 e. The standard InChI is InChI=1S/C16H24ClN3/c1-12(2)15-18-13(17)11-14(19-15)20-9-7-16(8-10-20)5-3-4-6-16/h11-12H,3-10H2,1-2H3. The van der Waals surface area contributed by atoms with Crippen LogP contribution in [0.3, 0.4) is 0 Å². The normalized spacial score (nSPS) is 21.9. The maximum atomic E-state index is 6.16. The second kappa shape index (κ2) is 5.51. The zero-order chi connectivity index (χ0) is 14.2. The average molecular weight is 294 g/mol. The van der Waals surface area contributed by atoms with Crippen LogP contribution in [-0.4, -0.2) is 23.1 Å². The fourth-order valence-electron chi connectivity index (χ4n) is 3.68. The first-order valence-electron chi connectivity index (χ1n) is 7.87. The van der Waals surface area contributed by atoms with Crippen LogP contribution in [0.4, 0.5) is 5.82 Å². The van der Waals surface area contributed by atoms with E-state index in [1.807, 2.05) is 6.07 Å². The van der Waals surface area contributed by atoms with Gasteiger partial charge in [-0.15, -0.1) is 0 Å². The third-order valence-electron chi connectivity index (χ3n) is 5.03. The highest BCUT2D eigenvalue weighted by atomic mass is 35.5. The largest absolute Gasteiger partial charge is 0.356 e. The molecule has 0 atom stereocenters. The first-order valence-corrected chi connectivity index (χ1v) is 8.25. The van der Waals surface area contributed by atoms with Crippen LogP contribution in [-0.2, 0) is 0 Å². The Morgan fingerprint density at radius 3 is 2.35 bits per heavy atom. The number of rotatable bonds is 2. The summed E-state index contributed by atoms with van der Waals surface area (Å²) in [4.78, 5) is 11.4. The molecule has 3 nitrogen and oxygen atoms in total. The van der Waals surface area contributed by atoms with E-state index in [2.05, 4.69) is 23.7 Å². The van der Waals surface area contributed by atoms with E-state index in [0.717, 1.165) is 24.7 Å². The SMILES string of the molecule is CC(C)c1nc(Cl)cc(N2CCC3(CCCC3)CC2)n1. The van der Waals surface area contributed by atoms with Gasteiger partial charge in [0.1, 0.15) is 16.8 Å². The lowest BCUT2D eigenvalue weighted by molar-refractivity contribution is 0.226. The van der Waals surface area contributed by atoms with Gasteiger partial charge in [-0.2, -0.15) is 0 Å². The molecule has 0 N–H and O–H groups in total. The molecule has 0 amide bonds. The van der Waals surface area contributed by atoms with E-state index in [1.165, 1.54) is 38.5 Å². The molecule has 3 rings (SSSR count). The van der Waals surface area contributed by atoms with Gasteiger partial charge in [0.2, 0.25) is 0 Å². The molecule has 2 aliphatic rings. The van der Waals surface area contributed by atoms with Crippen LogP contribution in [0, 0.1) is 5.41 Å². The molecule has 1 aromatic rings. The topological polar surface area (TPSA) is 29.0 Å². The first-order chi connectivity index (χ1) is 9.58. The van der Waals surface area contributed by atoms with Crippen molar-refractivity contribution in [1.82, 2.24) is 9.97 Å². The van der Waals surface area contributed by atoms with Crippen LogP contribution >= 0.6 is 11.6 Å². The number of nitrogens with zero attached hydrogens (tertiary/aromatic N) is 3. The van der Waals surface area contributed by atoms with E-state index in [-0.39, 0.29) is 0 Å². The van der Waals surface area contributed by atoms with E-state index >= 15 is 0 Å². The molecule has 1 aromatic heterocycles. The van der Waals surface area contributed by atoms with Crippen molar-refractivity contribution in [3.05, 3.63) is 17.0 Å². The Morgan fingerprint density at radius 2 is 1.75 bits per heavy atom. The minimum atomic E-state index is 0.318. The monoisotopic (exact) mass is 293 g/mol. The summed E-state index contributed by atoms with van der Waals surface area (Å²) >= 11 is 6.16. The minimum Gasteiger partial charge on any atom is -0.356 e. The number of halogens is 1. The number of anilines is 1. The summed E-state index contributed by atoms with van der Waals surface area (Å²) in [5, 5.41) is 0.569. The molecule has 110 valence electrons. The Labute approximate surface area is 126 Å². The summed E-state index contributed by atoms with van der Waals surface area (Å²) in [5.41, 5.74) is 0.647. The highest BCUT2D eigenvalue weighted by Gasteiger charge is 2.37. The van der Waals surface area contributed by atoms with Gasteiger partial charge in [0.25, 0.3) is 0 Å². The Bertz CT molecular complexity index is 471. The molecule has 1 aliphatic heterocycles. The first kappa shape index (κ1) is 14.1. The van der Waals surface area contributed by atoms with Crippen molar-refractivity contribution in [1.29, 1.82) is 0 Å². The zero-order valence-corrected chi connectivity index (χ0v) is 13.3. The van der Waals surface area contributed by atoms with Crippen LogP contribution < -0.4 is 4.90 Å². The second-order valence-electron chi connectivity index (χ2n) is 6.76. The number of hydrogen-bond acceptors (Lipinski definition) is 3. The second-order valence-corrected chi connectivity index (χ2v) is 7.14. The lowest BCUT2D eigenvalue weighted by Crippen LogP contribution is -2.39. The molecule has 2 fully saturated rings. The van der Waals surface area contributed by atoms with Gasteiger partial charge in [0.05, 0.1) is 0 Å². The molecular formula is C16H24ClN3. The molecule has 0 aromatic carbocycles. The summed E-state index contributed by atoms with van der Waals surface area (Å²) in [6.45, 7) is 6.45. The van der Waals surface area contributed by atoms with Crippen molar-refractivity contribution in [2.75, 3.05) is 18.0 Å². The van der Waals surface area contributed by atoms with Gasteiger partial charge in [-0.05, 0) is 31.1 Å². The Hall–Kier alpha value is -0.830. The van der Waals surface area contributed by atoms with E-state index in [0.29, 0.717) is 16.5 Å². The number of hydrogen-bond donors (Lipinski definition) is 0. The summed E-state index contributed by atoms with van der Waals surface area (Å²) in [7, 11) is 0. The maximum Gasteiger partial charge on any atom is 0.135 e.